The lowest BCUT2D eigenvalue weighted by molar-refractivity contribution is -0.123. The standard InChI is InChI=1S/C18H19Cl2N3O3/c1-11-17(21-6-7-26-11)18(25)22-13-3-5-16(24)23(10-13)9-12-2-4-14(19)15(20)8-12/h2-5,8,10-11,17,21H,6-7,9H2,1H3,(H,22,25)/t11-,17+/m1/s1. The molecule has 2 N–H and O–H groups in total. The Labute approximate surface area is 161 Å². The van der Waals surface area contributed by atoms with Gasteiger partial charge in [-0.05, 0) is 30.7 Å². The fourth-order valence-electron chi connectivity index (χ4n) is 2.81. The van der Waals surface area contributed by atoms with Crippen molar-refractivity contribution in [2.24, 2.45) is 0 Å². The van der Waals surface area contributed by atoms with Crippen molar-refractivity contribution >= 4 is 34.8 Å². The number of carbonyl (C=O) groups excluding carboxylic acids is 1. The molecule has 1 aliphatic heterocycles. The molecule has 1 aromatic carbocycles. The van der Waals surface area contributed by atoms with Gasteiger partial charge < -0.3 is 19.9 Å². The van der Waals surface area contributed by atoms with Gasteiger partial charge in [0.05, 0.1) is 35.0 Å². The molecule has 1 fully saturated rings. The van der Waals surface area contributed by atoms with Gasteiger partial charge in [0.25, 0.3) is 5.56 Å². The van der Waals surface area contributed by atoms with Gasteiger partial charge in [-0.25, -0.2) is 0 Å². The second-order valence-electron chi connectivity index (χ2n) is 6.13. The summed E-state index contributed by atoms with van der Waals surface area (Å²) >= 11 is 11.9. The molecule has 0 bridgehead atoms. The van der Waals surface area contributed by atoms with Crippen molar-refractivity contribution in [3.63, 3.8) is 0 Å². The van der Waals surface area contributed by atoms with Crippen molar-refractivity contribution in [3.05, 3.63) is 62.5 Å². The van der Waals surface area contributed by atoms with Crippen molar-refractivity contribution in [1.82, 2.24) is 9.88 Å². The first-order valence-corrected chi connectivity index (χ1v) is 9.00. The number of aromatic nitrogens is 1. The molecule has 1 aliphatic rings. The van der Waals surface area contributed by atoms with E-state index in [1.54, 1.807) is 30.5 Å². The monoisotopic (exact) mass is 395 g/mol. The quantitative estimate of drug-likeness (QED) is 0.833. The van der Waals surface area contributed by atoms with Crippen LogP contribution in [0.3, 0.4) is 0 Å². The van der Waals surface area contributed by atoms with Crippen LogP contribution in [0.2, 0.25) is 10.0 Å². The average Bonchev–Trinajstić information content (AvgIpc) is 2.61. The molecule has 0 aliphatic carbocycles. The summed E-state index contributed by atoms with van der Waals surface area (Å²) in [5.41, 5.74) is 1.19. The molecule has 0 radical (unpaired) electrons. The van der Waals surface area contributed by atoms with Gasteiger partial charge in [-0.3, -0.25) is 9.59 Å². The highest BCUT2D eigenvalue weighted by Crippen LogP contribution is 2.23. The normalized spacial score (nSPS) is 20.0. The largest absolute Gasteiger partial charge is 0.375 e. The second-order valence-corrected chi connectivity index (χ2v) is 6.94. The molecule has 0 saturated carbocycles. The lowest BCUT2D eigenvalue weighted by Crippen LogP contribution is -2.53. The molecule has 0 unspecified atom stereocenters. The molecular weight excluding hydrogens is 377 g/mol. The van der Waals surface area contributed by atoms with Crippen LogP contribution < -0.4 is 16.2 Å². The average molecular weight is 396 g/mol. The summed E-state index contributed by atoms with van der Waals surface area (Å²) in [6.45, 7) is 3.38. The van der Waals surface area contributed by atoms with Gasteiger partial charge >= 0.3 is 0 Å². The topological polar surface area (TPSA) is 72.4 Å². The van der Waals surface area contributed by atoms with E-state index in [2.05, 4.69) is 10.6 Å². The predicted molar refractivity (Wildman–Crippen MR) is 102 cm³/mol. The molecule has 3 rings (SSSR count). The molecule has 2 aromatic rings. The Balaban J connectivity index is 1.75. The van der Waals surface area contributed by atoms with E-state index in [1.165, 1.54) is 10.6 Å². The number of hydrogen-bond donors (Lipinski definition) is 2. The number of nitrogens with zero attached hydrogens (tertiary/aromatic N) is 1. The summed E-state index contributed by atoms with van der Waals surface area (Å²) in [5.74, 6) is -0.197. The van der Waals surface area contributed by atoms with E-state index in [1.807, 2.05) is 6.92 Å². The van der Waals surface area contributed by atoms with Crippen LogP contribution >= 0.6 is 23.2 Å². The number of halogens is 2. The fourth-order valence-corrected chi connectivity index (χ4v) is 3.13. The minimum absolute atomic E-state index is 0.179. The van der Waals surface area contributed by atoms with Crippen molar-refractivity contribution in [3.8, 4) is 0 Å². The predicted octanol–water partition coefficient (Wildman–Crippen LogP) is 2.52. The number of benzene rings is 1. The molecule has 2 atom stereocenters. The van der Waals surface area contributed by atoms with Crippen molar-refractivity contribution in [2.75, 3.05) is 18.5 Å². The number of anilines is 1. The Morgan fingerprint density at radius 2 is 2.12 bits per heavy atom. The zero-order valence-corrected chi connectivity index (χ0v) is 15.7. The van der Waals surface area contributed by atoms with E-state index >= 15 is 0 Å². The molecule has 1 amide bonds. The Bertz CT molecular complexity index is 869. The zero-order chi connectivity index (χ0) is 18.7. The number of rotatable bonds is 4. The maximum absolute atomic E-state index is 12.4. The van der Waals surface area contributed by atoms with E-state index in [4.69, 9.17) is 27.9 Å². The molecule has 1 saturated heterocycles. The van der Waals surface area contributed by atoms with Crippen LogP contribution in [-0.4, -0.2) is 35.8 Å². The number of pyridine rings is 1. The van der Waals surface area contributed by atoms with Crippen molar-refractivity contribution in [2.45, 2.75) is 25.6 Å². The summed E-state index contributed by atoms with van der Waals surface area (Å²) in [6, 6.07) is 7.77. The van der Waals surface area contributed by atoms with E-state index < -0.39 is 6.04 Å². The molecule has 6 nitrogen and oxygen atoms in total. The van der Waals surface area contributed by atoms with Gasteiger partial charge in [-0.15, -0.1) is 0 Å². The van der Waals surface area contributed by atoms with Crippen LogP contribution in [0.15, 0.2) is 41.3 Å². The van der Waals surface area contributed by atoms with Crippen LogP contribution in [0.5, 0.6) is 0 Å². The van der Waals surface area contributed by atoms with Crippen LogP contribution in [0.4, 0.5) is 5.69 Å². The molecular formula is C18H19Cl2N3O3. The molecule has 0 spiro atoms. The minimum Gasteiger partial charge on any atom is -0.375 e. The van der Waals surface area contributed by atoms with Crippen LogP contribution in [0.25, 0.3) is 0 Å². The van der Waals surface area contributed by atoms with Gasteiger partial charge in [-0.1, -0.05) is 29.3 Å². The Hall–Kier alpha value is -1.86. The maximum Gasteiger partial charge on any atom is 0.250 e. The summed E-state index contributed by atoms with van der Waals surface area (Å²) < 4.78 is 6.99. The highest BCUT2D eigenvalue weighted by molar-refractivity contribution is 6.42. The van der Waals surface area contributed by atoms with Gasteiger partial charge in [0.15, 0.2) is 0 Å². The summed E-state index contributed by atoms with van der Waals surface area (Å²) in [7, 11) is 0. The lowest BCUT2D eigenvalue weighted by atomic mass is 10.1. The summed E-state index contributed by atoms with van der Waals surface area (Å²) in [6.07, 6.45) is 1.39. The number of ether oxygens (including phenoxy) is 1. The van der Waals surface area contributed by atoms with E-state index in [9.17, 15) is 9.59 Å². The van der Waals surface area contributed by atoms with Crippen LogP contribution in [-0.2, 0) is 16.1 Å². The third-order valence-electron chi connectivity index (χ3n) is 4.19. The van der Waals surface area contributed by atoms with Gasteiger partial charge in [-0.2, -0.15) is 0 Å². The van der Waals surface area contributed by atoms with Gasteiger partial charge in [0.1, 0.15) is 6.04 Å². The number of morpholine rings is 1. The maximum atomic E-state index is 12.4. The van der Waals surface area contributed by atoms with E-state index in [0.29, 0.717) is 35.4 Å². The Morgan fingerprint density at radius 1 is 1.31 bits per heavy atom. The second kappa shape index (κ2) is 8.22. The molecule has 138 valence electrons. The first-order valence-electron chi connectivity index (χ1n) is 8.24. The first kappa shape index (κ1) is 18.9. The summed E-state index contributed by atoms with van der Waals surface area (Å²) in [5, 5.41) is 6.85. The molecule has 2 heterocycles. The molecule has 1 aromatic heterocycles. The van der Waals surface area contributed by atoms with Gasteiger partial charge in [0.2, 0.25) is 5.91 Å². The number of amides is 1. The highest BCUT2D eigenvalue weighted by Gasteiger charge is 2.28. The fraction of sp³-hybridized carbons (Fsp3) is 0.333. The zero-order valence-electron chi connectivity index (χ0n) is 14.2. The van der Waals surface area contributed by atoms with Crippen LogP contribution in [0.1, 0.15) is 12.5 Å². The third kappa shape index (κ3) is 4.45. The first-order chi connectivity index (χ1) is 12.4. The van der Waals surface area contributed by atoms with Crippen molar-refractivity contribution < 1.29 is 9.53 Å². The van der Waals surface area contributed by atoms with E-state index in [-0.39, 0.29) is 17.6 Å². The number of nitrogens with one attached hydrogen (secondary N) is 2. The molecule has 8 heteroatoms. The highest BCUT2D eigenvalue weighted by atomic mass is 35.5. The Morgan fingerprint density at radius 3 is 2.85 bits per heavy atom. The van der Waals surface area contributed by atoms with E-state index in [0.717, 1.165) is 5.56 Å². The lowest BCUT2D eigenvalue weighted by Gasteiger charge is -2.29. The molecule has 26 heavy (non-hydrogen) atoms. The SMILES string of the molecule is C[C@H]1OCCN[C@@H]1C(=O)Nc1ccc(=O)n(Cc2ccc(Cl)c(Cl)c2)c1. The number of carbonyl (C=O) groups is 1. The van der Waals surface area contributed by atoms with Crippen LogP contribution in [0, 0.1) is 0 Å². The summed E-state index contributed by atoms with van der Waals surface area (Å²) in [4.78, 5) is 24.6. The third-order valence-corrected chi connectivity index (χ3v) is 4.93. The minimum atomic E-state index is -0.431. The van der Waals surface area contributed by atoms with Crippen molar-refractivity contribution in [1.29, 1.82) is 0 Å². The number of hydrogen-bond acceptors (Lipinski definition) is 4. The smallest absolute Gasteiger partial charge is 0.250 e. The van der Waals surface area contributed by atoms with Gasteiger partial charge in [0, 0.05) is 18.8 Å². The Kier molecular flexibility index (Phi) is 5.98.